The van der Waals surface area contributed by atoms with Crippen molar-refractivity contribution in [3.8, 4) is 0 Å². The van der Waals surface area contributed by atoms with E-state index in [0.29, 0.717) is 5.41 Å². The molecule has 3 heteroatoms. The van der Waals surface area contributed by atoms with E-state index >= 15 is 0 Å². The molecule has 3 saturated carbocycles. The summed E-state index contributed by atoms with van der Waals surface area (Å²) in [6, 6.07) is 0. The lowest BCUT2D eigenvalue weighted by Crippen LogP contribution is -2.58. The van der Waals surface area contributed by atoms with Crippen LogP contribution in [0.15, 0.2) is 0 Å². The summed E-state index contributed by atoms with van der Waals surface area (Å²) >= 11 is 0. The number of ether oxygens (including phenoxy) is 1. The number of rotatable bonds is 1. The van der Waals surface area contributed by atoms with Gasteiger partial charge in [-0.3, -0.25) is 0 Å². The molecular weight excluding hydrogens is 226 g/mol. The fourth-order valence-corrected chi connectivity index (χ4v) is 3.77. The topological polar surface area (TPSA) is 29.5 Å². The van der Waals surface area contributed by atoms with Crippen LogP contribution in [0.2, 0.25) is 0 Å². The van der Waals surface area contributed by atoms with Gasteiger partial charge in [-0.1, -0.05) is 0 Å². The van der Waals surface area contributed by atoms with Gasteiger partial charge in [-0.15, -0.1) is 0 Å². The molecule has 0 radical (unpaired) electrons. The lowest BCUT2D eigenvalue weighted by Gasteiger charge is -2.66. The van der Waals surface area contributed by atoms with Crippen molar-refractivity contribution in [2.75, 3.05) is 13.1 Å². The van der Waals surface area contributed by atoms with Crippen LogP contribution in [0.3, 0.4) is 0 Å². The zero-order valence-corrected chi connectivity index (χ0v) is 11.8. The Kier molecular flexibility index (Phi) is 2.40. The molecule has 0 aromatic rings. The van der Waals surface area contributed by atoms with Gasteiger partial charge in [-0.05, 0) is 70.1 Å². The summed E-state index contributed by atoms with van der Waals surface area (Å²) < 4.78 is 13.4. The Bertz CT molecular complexity index is 374. The summed E-state index contributed by atoms with van der Waals surface area (Å²) in [5.41, 5.74) is 0.0845. The van der Waals surface area contributed by atoms with Gasteiger partial charge in [0.15, 0.2) is 0 Å². The predicted molar refractivity (Wildman–Crippen MR) is 70.3 cm³/mol. The van der Waals surface area contributed by atoms with Gasteiger partial charge in [0.05, 0.1) is 0 Å². The van der Waals surface area contributed by atoms with Crippen molar-refractivity contribution in [1.29, 1.82) is 0 Å². The molecule has 1 aliphatic heterocycles. The van der Waals surface area contributed by atoms with Crippen LogP contribution in [-0.4, -0.2) is 29.7 Å². The average molecular weight is 252 g/mol. The number of carbonyl (C=O) groups is 1. The van der Waals surface area contributed by atoms with Crippen LogP contribution in [0.5, 0.6) is 0 Å². The van der Waals surface area contributed by atoms with E-state index in [2.05, 4.69) is 0 Å². The van der Waals surface area contributed by atoms with Crippen molar-refractivity contribution in [3.05, 3.63) is 0 Å². The van der Waals surface area contributed by atoms with E-state index in [0.717, 1.165) is 51.1 Å². The van der Waals surface area contributed by atoms with E-state index in [1.807, 2.05) is 25.7 Å². The van der Waals surface area contributed by atoms with Crippen LogP contribution in [0.1, 0.15) is 54.2 Å². The molecule has 2 bridgehead atoms. The van der Waals surface area contributed by atoms with E-state index < -0.39 is 5.60 Å². The third-order valence-corrected chi connectivity index (χ3v) is 4.82. The molecule has 3 nitrogen and oxygen atoms in total. The molecule has 102 valence electrons. The van der Waals surface area contributed by atoms with Crippen LogP contribution in [0.25, 0.3) is 0 Å². The third-order valence-electron chi connectivity index (χ3n) is 4.82. The van der Waals surface area contributed by atoms with Crippen LogP contribution in [0, 0.1) is 17.2 Å². The van der Waals surface area contributed by atoms with Crippen LogP contribution >= 0.6 is 0 Å². The number of nitrogens with zero attached hydrogens (tertiary/aromatic N) is 1. The normalized spacial score (nSPS) is 40.6. The molecule has 1 heterocycles. The molecule has 0 aromatic carbocycles. The second-order valence-corrected chi connectivity index (χ2v) is 7.38. The minimum atomic E-state index is -0.403. The summed E-state index contributed by atoms with van der Waals surface area (Å²) in [4.78, 5) is 13.8. The highest BCUT2D eigenvalue weighted by atomic mass is 16.6. The lowest BCUT2D eigenvalue weighted by molar-refractivity contribution is -0.162. The SMILES string of the molecule is [2H]C12CC(C3CCN(C(=O)OC(C)(C)C)CC3)(C1)C2. The Balaban J connectivity index is 1.49. The molecular formula is C15H25NO2. The van der Waals surface area contributed by atoms with Crippen LogP contribution < -0.4 is 0 Å². The fourth-order valence-electron chi connectivity index (χ4n) is 3.77. The number of hydrogen-bond donors (Lipinski definition) is 0. The quantitative estimate of drug-likeness (QED) is 0.715. The maximum Gasteiger partial charge on any atom is 0.410 e. The van der Waals surface area contributed by atoms with Gasteiger partial charge < -0.3 is 9.64 Å². The van der Waals surface area contributed by atoms with Gasteiger partial charge in [-0.25, -0.2) is 4.79 Å². The van der Waals surface area contributed by atoms with Gasteiger partial charge in [-0.2, -0.15) is 0 Å². The minimum Gasteiger partial charge on any atom is -0.444 e. The number of piperidine rings is 1. The Labute approximate surface area is 111 Å². The summed E-state index contributed by atoms with van der Waals surface area (Å²) in [6.07, 6.45) is 5.34. The van der Waals surface area contributed by atoms with Crippen molar-refractivity contribution >= 4 is 6.09 Å². The van der Waals surface area contributed by atoms with Crippen molar-refractivity contribution in [2.45, 2.75) is 58.5 Å². The average Bonchev–Trinajstić information content (AvgIpc) is 2.21. The molecule has 1 saturated heterocycles. The van der Waals surface area contributed by atoms with Crippen molar-refractivity contribution in [1.82, 2.24) is 4.90 Å². The molecule has 0 aromatic heterocycles. The first-order valence-electron chi connectivity index (χ1n) is 7.69. The first-order chi connectivity index (χ1) is 8.72. The van der Waals surface area contributed by atoms with E-state index in [9.17, 15) is 4.79 Å². The van der Waals surface area contributed by atoms with Crippen molar-refractivity contribution < 1.29 is 10.9 Å². The Morgan fingerprint density at radius 2 is 1.83 bits per heavy atom. The van der Waals surface area contributed by atoms with Crippen LogP contribution in [0.4, 0.5) is 4.79 Å². The highest BCUT2D eigenvalue weighted by Gasteiger charge is 2.60. The molecule has 0 atom stereocenters. The fraction of sp³-hybridized carbons (Fsp3) is 0.933. The Morgan fingerprint density at radius 1 is 1.28 bits per heavy atom. The first-order valence-corrected chi connectivity index (χ1v) is 7.19. The van der Waals surface area contributed by atoms with Gasteiger partial charge in [0.1, 0.15) is 5.60 Å². The van der Waals surface area contributed by atoms with E-state index in [1.165, 1.54) is 0 Å². The molecule has 4 fully saturated rings. The first kappa shape index (κ1) is 11.1. The predicted octanol–water partition coefficient (Wildman–Crippen LogP) is 3.43. The van der Waals surface area contributed by atoms with Gasteiger partial charge in [0.2, 0.25) is 0 Å². The van der Waals surface area contributed by atoms with E-state index in [1.54, 1.807) is 0 Å². The molecule has 4 rings (SSSR count). The molecule has 0 spiro atoms. The molecule has 4 aliphatic rings. The van der Waals surface area contributed by atoms with Gasteiger partial charge in [0, 0.05) is 14.5 Å². The maximum absolute atomic E-state index is 12.0. The smallest absolute Gasteiger partial charge is 0.410 e. The summed E-state index contributed by atoms with van der Waals surface area (Å²) in [5.74, 6) is 0.681. The highest BCUT2D eigenvalue weighted by Crippen LogP contribution is 2.69. The Hall–Kier alpha value is -0.730. The monoisotopic (exact) mass is 252 g/mol. The largest absolute Gasteiger partial charge is 0.444 e. The lowest BCUT2D eigenvalue weighted by atomic mass is 9.39. The number of carbonyl (C=O) groups excluding carboxylic acids is 1. The second kappa shape index (κ2) is 3.88. The van der Waals surface area contributed by atoms with Gasteiger partial charge >= 0.3 is 6.09 Å². The summed E-state index contributed by atoms with van der Waals surface area (Å²) in [5, 5.41) is 0. The van der Waals surface area contributed by atoms with Gasteiger partial charge in [0.25, 0.3) is 0 Å². The summed E-state index contributed by atoms with van der Waals surface area (Å²) in [7, 11) is 0. The minimum absolute atomic E-state index is 0.0533. The van der Waals surface area contributed by atoms with Crippen molar-refractivity contribution in [2.24, 2.45) is 17.2 Å². The number of amides is 1. The Morgan fingerprint density at radius 3 is 2.28 bits per heavy atom. The van der Waals surface area contributed by atoms with E-state index in [-0.39, 0.29) is 12.0 Å². The molecule has 0 N–H and O–H groups in total. The number of likely N-dealkylation sites (tertiary alicyclic amines) is 1. The standard InChI is InChI=1S/C15H25NO2/c1-14(2,3)18-13(17)16-6-4-12(5-7-16)15-8-11(9-15)10-15/h11-12H,4-10H2,1-3H3/i11D. The maximum atomic E-state index is 12.0. The highest BCUT2D eigenvalue weighted by molar-refractivity contribution is 5.68. The molecule has 0 unspecified atom stereocenters. The number of hydrogen-bond acceptors (Lipinski definition) is 2. The molecule has 1 amide bonds. The van der Waals surface area contributed by atoms with E-state index in [4.69, 9.17) is 6.11 Å². The summed E-state index contributed by atoms with van der Waals surface area (Å²) in [6.45, 7) is 7.38. The zero-order valence-electron chi connectivity index (χ0n) is 12.8. The van der Waals surface area contributed by atoms with Crippen molar-refractivity contribution in [3.63, 3.8) is 0 Å². The molecule has 18 heavy (non-hydrogen) atoms. The molecule has 3 aliphatic carbocycles. The third kappa shape index (κ3) is 2.02. The second-order valence-electron chi connectivity index (χ2n) is 7.38. The zero-order chi connectivity index (χ0) is 13.9. The van der Waals surface area contributed by atoms with Crippen LogP contribution in [-0.2, 0) is 4.74 Å².